The lowest BCUT2D eigenvalue weighted by atomic mass is 10.1. The molecule has 0 amide bonds. The second-order valence-corrected chi connectivity index (χ2v) is 6.94. The highest BCUT2D eigenvalue weighted by Gasteiger charge is 2.17. The number of sulfonamides is 1. The Hall–Kier alpha value is -1.84. The number of nitrogens with one attached hydrogen (secondary N) is 2. The van der Waals surface area contributed by atoms with E-state index in [1.54, 1.807) is 24.3 Å². The molecule has 0 saturated carbocycles. The molecule has 1 aromatic heterocycles. The van der Waals surface area contributed by atoms with E-state index in [9.17, 15) is 8.42 Å². The molecule has 114 valence electrons. The molecule has 0 bridgehead atoms. The molecule has 0 aliphatic rings. The first-order chi connectivity index (χ1) is 9.91. The van der Waals surface area contributed by atoms with E-state index >= 15 is 0 Å². The summed E-state index contributed by atoms with van der Waals surface area (Å²) in [6.45, 7) is 2.46. The van der Waals surface area contributed by atoms with Crippen LogP contribution in [0.15, 0.2) is 29.2 Å². The summed E-state index contributed by atoms with van der Waals surface area (Å²) in [4.78, 5) is 0.279. The van der Waals surface area contributed by atoms with Gasteiger partial charge in [0.25, 0.3) is 0 Å². The van der Waals surface area contributed by atoms with Gasteiger partial charge in [0.1, 0.15) is 0 Å². The van der Waals surface area contributed by atoms with Gasteiger partial charge >= 0.3 is 0 Å². The SMILES string of the molecule is CC(NCc1nn[nH]n1)c1ccc(S(=O)(=O)N(C)C)cc1. The Kier molecular flexibility index (Phi) is 4.66. The van der Waals surface area contributed by atoms with Crippen molar-refractivity contribution in [2.75, 3.05) is 14.1 Å². The molecule has 0 saturated heterocycles. The summed E-state index contributed by atoms with van der Waals surface area (Å²) in [6, 6.07) is 6.85. The predicted octanol–water partition coefficient (Wildman–Crippen LogP) is 0.301. The van der Waals surface area contributed by atoms with Crippen molar-refractivity contribution >= 4 is 10.0 Å². The van der Waals surface area contributed by atoms with E-state index in [2.05, 4.69) is 25.9 Å². The molecule has 1 aromatic carbocycles. The summed E-state index contributed by atoms with van der Waals surface area (Å²) in [7, 11) is -0.362. The molecule has 1 heterocycles. The van der Waals surface area contributed by atoms with Crippen molar-refractivity contribution in [3.05, 3.63) is 35.7 Å². The van der Waals surface area contributed by atoms with Gasteiger partial charge in [-0.1, -0.05) is 17.3 Å². The summed E-state index contributed by atoms with van der Waals surface area (Å²) in [6.07, 6.45) is 0. The number of aromatic amines is 1. The molecule has 0 fully saturated rings. The Balaban J connectivity index is 2.05. The number of benzene rings is 1. The second kappa shape index (κ2) is 6.29. The molecule has 21 heavy (non-hydrogen) atoms. The van der Waals surface area contributed by atoms with E-state index in [0.717, 1.165) is 5.56 Å². The van der Waals surface area contributed by atoms with Crippen LogP contribution in [-0.2, 0) is 16.6 Å². The number of hydrogen-bond acceptors (Lipinski definition) is 6. The molecule has 9 heteroatoms. The molecule has 0 aliphatic carbocycles. The maximum atomic E-state index is 12.0. The van der Waals surface area contributed by atoms with Crippen LogP contribution in [0.3, 0.4) is 0 Å². The van der Waals surface area contributed by atoms with Gasteiger partial charge in [0.2, 0.25) is 10.0 Å². The van der Waals surface area contributed by atoms with Gasteiger partial charge in [-0.15, -0.1) is 10.2 Å². The molecule has 2 rings (SSSR count). The first-order valence-electron chi connectivity index (χ1n) is 6.39. The third-order valence-corrected chi connectivity index (χ3v) is 4.94. The monoisotopic (exact) mass is 310 g/mol. The lowest BCUT2D eigenvalue weighted by Gasteiger charge is -2.15. The van der Waals surface area contributed by atoms with Crippen molar-refractivity contribution in [1.82, 2.24) is 30.2 Å². The zero-order valence-corrected chi connectivity index (χ0v) is 12.9. The van der Waals surface area contributed by atoms with Gasteiger partial charge in [0.15, 0.2) is 5.82 Å². The summed E-state index contributed by atoms with van der Waals surface area (Å²) in [5.74, 6) is 0.577. The third-order valence-electron chi connectivity index (χ3n) is 3.11. The summed E-state index contributed by atoms with van der Waals surface area (Å²) in [5.41, 5.74) is 0.983. The molecule has 0 aliphatic heterocycles. The quantitative estimate of drug-likeness (QED) is 0.795. The van der Waals surface area contributed by atoms with Crippen molar-refractivity contribution < 1.29 is 8.42 Å². The van der Waals surface area contributed by atoms with Crippen LogP contribution in [0, 0.1) is 0 Å². The molecular weight excluding hydrogens is 292 g/mol. The van der Waals surface area contributed by atoms with Crippen molar-refractivity contribution in [1.29, 1.82) is 0 Å². The predicted molar refractivity (Wildman–Crippen MR) is 76.7 cm³/mol. The fraction of sp³-hybridized carbons (Fsp3) is 0.417. The van der Waals surface area contributed by atoms with E-state index in [1.165, 1.54) is 18.4 Å². The van der Waals surface area contributed by atoms with Crippen LogP contribution in [0.25, 0.3) is 0 Å². The van der Waals surface area contributed by atoms with Crippen LogP contribution in [0.2, 0.25) is 0 Å². The Morgan fingerprint density at radius 2 is 1.95 bits per heavy atom. The third kappa shape index (κ3) is 3.63. The number of tetrazole rings is 1. The lowest BCUT2D eigenvalue weighted by Crippen LogP contribution is -2.22. The van der Waals surface area contributed by atoms with E-state index < -0.39 is 10.0 Å². The molecule has 0 spiro atoms. The molecule has 1 atom stereocenters. The van der Waals surface area contributed by atoms with Crippen molar-refractivity contribution in [3.8, 4) is 0 Å². The van der Waals surface area contributed by atoms with E-state index in [1.807, 2.05) is 6.92 Å². The van der Waals surface area contributed by atoms with Gasteiger partial charge in [-0.2, -0.15) is 5.21 Å². The van der Waals surface area contributed by atoms with E-state index in [0.29, 0.717) is 12.4 Å². The Labute approximate surface area is 123 Å². The highest BCUT2D eigenvalue weighted by molar-refractivity contribution is 7.89. The molecule has 0 radical (unpaired) electrons. The van der Waals surface area contributed by atoms with Crippen molar-refractivity contribution in [2.45, 2.75) is 24.4 Å². The number of rotatable bonds is 6. The van der Waals surface area contributed by atoms with Gasteiger partial charge < -0.3 is 5.32 Å². The minimum atomic E-state index is -3.39. The Morgan fingerprint density at radius 3 is 2.48 bits per heavy atom. The number of aromatic nitrogens is 4. The minimum absolute atomic E-state index is 0.0413. The fourth-order valence-corrected chi connectivity index (χ4v) is 2.66. The first-order valence-corrected chi connectivity index (χ1v) is 7.83. The van der Waals surface area contributed by atoms with Crippen LogP contribution >= 0.6 is 0 Å². The average Bonchev–Trinajstić information content (AvgIpc) is 2.98. The molecule has 2 aromatic rings. The van der Waals surface area contributed by atoms with E-state index in [4.69, 9.17) is 0 Å². The zero-order chi connectivity index (χ0) is 15.5. The van der Waals surface area contributed by atoms with Crippen LogP contribution < -0.4 is 5.32 Å². The molecular formula is C12H18N6O2S. The second-order valence-electron chi connectivity index (χ2n) is 4.79. The lowest BCUT2D eigenvalue weighted by molar-refractivity contribution is 0.520. The van der Waals surface area contributed by atoms with Crippen molar-refractivity contribution in [3.63, 3.8) is 0 Å². The van der Waals surface area contributed by atoms with Crippen LogP contribution in [-0.4, -0.2) is 47.4 Å². The number of H-pyrrole nitrogens is 1. The highest BCUT2D eigenvalue weighted by Crippen LogP contribution is 2.18. The van der Waals surface area contributed by atoms with E-state index in [-0.39, 0.29) is 10.9 Å². The standard InChI is InChI=1S/C12H18N6O2S/c1-9(13-8-12-14-16-17-15-12)10-4-6-11(7-5-10)21(19,20)18(2)3/h4-7,9,13H,8H2,1-3H3,(H,14,15,16,17). The van der Waals surface area contributed by atoms with Crippen LogP contribution in [0.1, 0.15) is 24.4 Å². The Bertz CT molecular complexity index is 666. The highest BCUT2D eigenvalue weighted by atomic mass is 32.2. The number of hydrogen-bond donors (Lipinski definition) is 2. The first kappa shape index (κ1) is 15.5. The number of nitrogens with zero attached hydrogens (tertiary/aromatic N) is 4. The largest absolute Gasteiger partial charge is 0.303 e. The van der Waals surface area contributed by atoms with Gasteiger partial charge in [0, 0.05) is 20.1 Å². The topological polar surface area (TPSA) is 104 Å². The molecule has 2 N–H and O–H groups in total. The summed E-state index contributed by atoms with van der Waals surface area (Å²) >= 11 is 0. The molecule has 1 unspecified atom stereocenters. The van der Waals surface area contributed by atoms with Crippen LogP contribution in [0.5, 0.6) is 0 Å². The van der Waals surface area contributed by atoms with Crippen molar-refractivity contribution in [2.24, 2.45) is 0 Å². The smallest absolute Gasteiger partial charge is 0.242 e. The zero-order valence-electron chi connectivity index (χ0n) is 12.1. The minimum Gasteiger partial charge on any atom is -0.303 e. The molecule has 8 nitrogen and oxygen atoms in total. The van der Waals surface area contributed by atoms with Crippen LogP contribution in [0.4, 0.5) is 0 Å². The summed E-state index contributed by atoms with van der Waals surface area (Å²) < 4.78 is 25.1. The average molecular weight is 310 g/mol. The Morgan fingerprint density at radius 1 is 1.29 bits per heavy atom. The van der Waals surface area contributed by atoms with Gasteiger partial charge in [-0.05, 0) is 24.6 Å². The normalized spacial score (nSPS) is 13.5. The summed E-state index contributed by atoms with van der Waals surface area (Å²) in [5, 5.41) is 16.8. The van der Waals surface area contributed by atoms with Gasteiger partial charge in [0.05, 0.1) is 11.4 Å². The van der Waals surface area contributed by atoms with Gasteiger partial charge in [-0.3, -0.25) is 0 Å². The fourth-order valence-electron chi connectivity index (χ4n) is 1.76. The van der Waals surface area contributed by atoms with Gasteiger partial charge in [-0.25, -0.2) is 12.7 Å². The maximum Gasteiger partial charge on any atom is 0.242 e. The maximum absolute atomic E-state index is 12.0.